The zero-order valence-corrected chi connectivity index (χ0v) is 11.2. The van der Waals surface area contributed by atoms with Gasteiger partial charge in [0.1, 0.15) is 6.04 Å². The molecule has 0 aliphatic rings. The molecule has 5 heteroatoms. The normalized spacial score (nSPS) is 11.9. The van der Waals surface area contributed by atoms with Gasteiger partial charge in [0.15, 0.2) is 0 Å². The summed E-state index contributed by atoms with van der Waals surface area (Å²) < 4.78 is 0.827. The first kappa shape index (κ1) is 13.7. The monoisotopic (exact) mass is 299 g/mol. The molecule has 0 radical (unpaired) electrons. The summed E-state index contributed by atoms with van der Waals surface area (Å²) in [6, 6.07) is 4.40. The number of amides is 1. The van der Waals surface area contributed by atoms with E-state index in [0.29, 0.717) is 12.0 Å². The maximum absolute atomic E-state index is 11.9. The quantitative estimate of drug-likeness (QED) is 0.897. The van der Waals surface area contributed by atoms with E-state index in [1.54, 1.807) is 26.0 Å². The van der Waals surface area contributed by atoms with Crippen molar-refractivity contribution in [3.8, 4) is 0 Å². The zero-order chi connectivity index (χ0) is 13.0. The van der Waals surface area contributed by atoms with Crippen molar-refractivity contribution in [2.45, 2.75) is 26.3 Å². The van der Waals surface area contributed by atoms with Crippen LogP contribution in [-0.4, -0.2) is 23.0 Å². The van der Waals surface area contributed by atoms with Gasteiger partial charge < -0.3 is 10.4 Å². The van der Waals surface area contributed by atoms with Crippen molar-refractivity contribution < 1.29 is 14.7 Å². The lowest BCUT2D eigenvalue weighted by Gasteiger charge is -2.13. The molecule has 0 aromatic heterocycles. The molecule has 92 valence electrons. The number of carboxylic acid groups (broad SMARTS) is 1. The second-order valence-electron chi connectivity index (χ2n) is 3.68. The van der Waals surface area contributed by atoms with Gasteiger partial charge in [0.05, 0.1) is 0 Å². The summed E-state index contributed by atoms with van der Waals surface area (Å²) in [6.45, 7) is 3.52. The van der Waals surface area contributed by atoms with Gasteiger partial charge in [0.25, 0.3) is 5.91 Å². The Morgan fingerprint density at radius 1 is 1.47 bits per heavy atom. The lowest BCUT2D eigenvalue weighted by atomic mass is 10.1. The van der Waals surface area contributed by atoms with Gasteiger partial charge in [-0.3, -0.25) is 4.79 Å². The molecule has 0 aliphatic carbocycles. The van der Waals surface area contributed by atoms with Crippen LogP contribution in [0.4, 0.5) is 0 Å². The smallest absolute Gasteiger partial charge is 0.326 e. The number of nitrogens with one attached hydrogen (secondary N) is 1. The maximum Gasteiger partial charge on any atom is 0.326 e. The van der Waals surface area contributed by atoms with E-state index in [0.717, 1.165) is 10.0 Å². The molecule has 1 aromatic rings. The highest BCUT2D eigenvalue weighted by molar-refractivity contribution is 9.10. The average Bonchev–Trinajstić information content (AvgIpc) is 2.28. The fourth-order valence-electron chi connectivity index (χ4n) is 1.43. The van der Waals surface area contributed by atoms with Crippen LogP contribution in [-0.2, 0) is 4.79 Å². The molecule has 2 N–H and O–H groups in total. The van der Waals surface area contributed by atoms with Crippen molar-refractivity contribution in [3.63, 3.8) is 0 Å². The predicted octanol–water partition coefficient (Wildman–Crippen LogP) is 2.35. The SMILES string of the molecule is CC[C@@H](NC(=O)c1cccc(Br)c1C)C(=O)O. The van der Waals surface area contributed by atoms with Gasteiger partial charge in [-0.1, -0.05) is 28.9 Å². The van der Waals surface area contributed by atoms with Gasteiger partial charge >= 0.3 is 5.97 Å². The van der Waals surface area contributed by atoms with E-state index in [4.69, 9.17) is 5.11 Å². The number of carbonyl (C=O) groups is 2. The molecule has 17 heavy (non-hydrogen) atoms. The molecule has 0 aliphatic heterocycles. The number of benzene rings is 1. The molecule has 0 saturated carbocycles. The molecule has 0 unspecified atom stereocenters. The highest BCUT2D eigenvalue weighted by atomic mass is 79.9. The Morgan fingerprint density at radius 2 is 2.12 bits per heavy atom. The minimum atomic E-state index is -1.02. The van der Waals surface area contributed by atoms with Crippen molar-refractivity contribution in [1.82, 2.24) is 5.32 Å². The third-order valence-corrected chi connectivity index (χ3v) is 3.38. The number of halogens is 1. The predicted molar refractivity (Wildman–Crippen MR) is 68.1 cm³/mol. The second-order valence-corrected chi connectivity index (χ2v) is 4.54. The van der Waals surface area contributed by atoms with Crippen LogP contribution in [0.5, 0.6) is 0 Å². The topological polar surface area (TPSA) is 66.4 Å². The highest BCUT2D eigenvalue weighted by Gasteiger charge is 2.19. The Morgan fingerprint density at radius 3 is 2.65 bits per heavy atom. The number of carbonyl (C=O) groups excluding carboxylic acids is 1. The Labute approximate surface area is 108 Å². The molecule has 1 aromatic carbocycles. The third-order valence-electron chi connectivity index (χ3n) is 2.52. The molecule has 1 atom stereocenters. The molecular formula is C12H14BrNO3. The molecule has 1 rings (SSSR count). The lowest BCUT2D eigenvalue weighted by molar-refractivity contribution is -0.139. The van der Waals surface area contributed by atoms with Crippen LogP contribution in [0, 0.1) is 6.92 Å². The van der Waals surface area contributed by atoms with E-state index in [2.05, 4.69) is 21.2 Å². The standard InChI is InChI=1S/C12H14BrNO3/c1-3-10(12(16)17)14-11(15)8-5-4-6-9(13)7(8)2/h4-6,10H,3H2,1-2H3,(H,14,15)(H,16,17)/t10-/m1/s1. The summed E-state index contributed by atoms with van der Waals surface area (Å²) in [5.74, 6) is -1.38. The van der Waals surface area contributed by atoms with Crippen molar-refractivity contribution >= 4 is 27.8 Å². The van der Waals surface area contributed by atoms with Gasteiger partial charge in [0, 0.05) is 10.0 Å². The second kappa shape index (κ2) is 5.82. The molecule has 1 amide bonds. The summed E-state index contributed by atoms with van der Waals surface area (Å²) in [5, 5.41) is 11.4. The first-order valence-corrected chi connectivity index (χ1v) is 6.05. The van der Waals surface area contributed by atoms with E-state index < -0.39 is 12.0 Å². The molecule has 0 fully saturated rings. The van der Waals surface area contributed by atoms with Crippen molar-refractivity contribution in [3.05, 3.63) is 33.8 Å². The van der Waals surface area contributed by atoms with E-state index >= 15 is 0 Å². The summed E-state index contributed by atoms with van der Waals surface area (Å²) >= 11 is 3.33. The molecular weight excluding hydrogens is 286 g/mol. The van der Waals surface area contributed by atoms with Crippen LogP contribution in [0.3, 0.4) is 0 Å². The van der Waals surface area contributed by atoms with E-state index in [1.165, 1.54) is 0 Å². The maximum atomic E-state index is 11.9. The number of rotatable bonds is 4. The van der Waals surface area contributed by atoms with Crippen molar-refractivity contribution in [2.24, 2.45) is 0 Å². The van der Waals surface area contributed by atoms with Crippen molar-refractivity contribution in [1.29, 1.82) is 0 Å². The van der Waals surface area contributed by atoms with Gasteiger partial charge in [-0.05, 0) is 31.0 Å². The van der Waals surface area contributed by atoms with Crippen molar-refractivity contribution in [2.75, 3.05) is 0 Å². The van der Waals surface area contributed by atoms with Gasteiger partial charge in [0.2, 0.25) is 0 Å². The largest absolute Gasteiger partial charge is 0.480 e. The molecule has 0 heterocycles. The van der Waals surface area contributed by atoms with E-state index in [1.807, 2.05) is 6.07 Å². The van der Waals surface area contributed by atoms with Gasteiger partial charge in [-0.2, -0.15) is 0 Å². The Bertz CT molecular complexity index is 445. The highest BCUT2D eigenvalue weighted by Crippen LogP contribution is 2.19. The molecule has 0 saturated heterocycles. The number of hydrogen-bond acceptors (Lipinski definition) is 2. The van der Waals surface area contributed by atoms with Crippen LogP contribution in [0.15, 0.2) is 22.7 Å². The minimum Gasteiger partial charge on any atom is -0.480 e. The Balaban J connectivity index is 2.90. The summed E-state index contributed by atoms with van der Waals surface area (Å²) in [7, 11) is 0. The van der Waals surface area contributed by atoms with E-state index in [9.17, 15) is 9.59 Å². The average molecular weight is 300 g/mol. The Kier molecular flexibility index (Phi) is 4.69. The molecule has 0 bridgehead atoms. The lowest BCUT2D eigenvalue weighted by Crippen LogP contribution is -2.40. The number of carboxylic acids is 1. The fraction of sp³-hybridized carbons (Fsp3) is 0.333. The van der Waals surface area contributed by atoms with Gasteiger partial charge in [-0.25, -0.2) is 4.79 Å². The first-order chi connectivity index (χ1) is 7.97. The third kappa shape index (κ3) is 3.30. The minimum absolute atomic E-state index is 0.355. The first-order valence-electron chi connectivity index (χ1n) is 5.26. The van der Waals surface area contributed by atoms with Gasteiger partial charge in [-0.15, -0.1) is 0 Å². The summed E-state index contributed by atoms with van der Waals surface area (Å²) in [6.07, 6.45) is 0.355. The fourth-order valence-corrected chi connectivity index (χ4v) is 1.79. The van der Waals surface area contributed by atoms with Crippen LogP contribution in [0.25, 0.3) is 0 Å². The molecule has 4 nitrogen and oxygen atoms in total. The Hall–Kier alpha value is -1.36. The van der Waals surface area contributed by atoms with Crippen LogP contribution < -0.4 is 5.32 Å². The number of aliphatic carboxylic acids is 1. The molecule has 0 spiro atoms. The van der Waals surface area contributed by atoms with Crippen LogP contribution in [0.2, 0.25) is 0 Å². The van der Waals surface area contributed by atoms with Crippen LogP contribution >= 0.6 is 15.9 Å². The zero-order valence-electron chi connectivity index (χ0n) is 9.66. The van der Waals surface area contributed by atoms with Crippen LogP contribution in [0.1, 0.15) is 29.3 Å². The summed E-state index contributed by atoms with van der Waals surface area (Å²) in [4.78, 5) is 22.7. The number of hydrogen-bond donors (Lipinski definition) is 2. The van der Waals surface area contributed by atoms with E-state index in [-0.39, 0.29) is 5.91 Å². The summed E-state index contributed by atoms with van der Waals surface area (Å²) in [5.41, 5.74) is 1.28.